The SMILES string of the molecule is CCN(c1ccccc1)S(=O)(=O)c1cccc(C(=O)N2CCCC2c2ccc(OC)cc2)c1. The zero-order valence-corrected chi connectivity index (χ0v) is 19.7. The van der Waals surface area contributed by atoms with Crippen molar-refractivity contribution >= 4 is 21.6 Å². The summed E-state index contributed by atoms with van der Waals surface area (Å²) >= 11 is 0. The zero-order chi connectivity index (χ0) is 23.4. The van der Waals surface area contributed by atoms with E-state index in [1.54, 1.807) is 56.5 Å². The van der Waals surface area contributed by atoms with Crippen molar-refractivity contribution in [1.29, 1.82) is 0 Å². The summed E-state index contributed by atoms with van der Waals surface area (Å²) < 4.78 is 33.4. The second kappa shape index (κ2) is 9.67. The Morgan fingerprint density at radius 2 is 1.76 bits per heavy atom. The molecular weight excluding hydrogens is 436 g/mol. The number of likely N-dealkylation sites (tertiary alicyclic amines) is 1. The summed E-state index contributed by atoms with van der Waals surface area (Å²) in [7, 11) is -2.18. The van der Waals surface area contributed by atoms with E-state index in [-0.39, 0.29) is 23.4 Å². The van der Waals surface area contributed by atoms with Crippen molar-refractivity contribution in [3.05, 3.63) is 90.0 Å². The first-order chi connectivity index (χ1) is 16.0. The number of benzene rings is 3. The Balaban J connectivity index is 1.62. The van der Waals surface area contributed by atoms with Gasteiger partial charge in [-0.2, -0.15) is 0 Å². The van der Waals surface area contributed by atoms with Gasteiger partial charge in [-0.25, -0.2) is 8.42 Å². The number of carbonyl (C=O) groups is 1. The van der Waals surface area contributed by atoms with Crippen LogP contribution in [0.1, 0.15) is 41.7 Å². The van der Waals surface area contributed by atoms with Crippen molar-refractivity contribution in [3.8, 4) is 5.75 Å². The van der Waals surface area contributed by atoms with Gasteiger partial charge in [0.25, 0.3) is 15.9 Å². The van der Waals surface area contributed by atoms with Crippen LogP contribution in [0.25, 0.3) is 0 Å². The van der Waals surface area contributed by atoms with Gasteiger partial charge in [-0.05, 0) is 67.8 Å². The maximum Gasteiger partial charge on any atom is 0.264 e. The lowest BCUT2D eigenvalue weighted by Crippen LogP contribution is -2.32. The first-order valence-corrected chi connectivity index (χ1v) is 12.5. The average molecular weight is 465 g/mol. The van der Waals surface area contributed by atoms with Crippen LogP contribution in [0.5, 0.6) is 5.75 Å². The first kappa shape index (κ1) is 22.9. The van der Waals surface area contributed by atoms with Crippen LogP contribution in [0, 0.1) is 0 Å². The van der Waals surface area contributed by atoms with Gasteiger partial charge < -0.3 is 9.64 Å². The van der Waals surface area contributed by atoms with Gasteiger partial charge in [0.15, 0.2) is 0 Å². The predicted molar refractivity (Wildman–Crippen MR) is 129 cm³/mol. The van der Waals surface area contributed by atoms with Crippen LogP contribution in [0.2, 0.25) is 0 Å². The summed E-state index contributed by atoms with van der Waals surface area (Å²) in [5, 5.41) is 0. The van der Waals surface area contributed by atoms with Gasteiger partial charge in [0, 0.05) is 18.7 Å². The zero-order valence-electron chi connectivity index (χ0n) is 18.8. The molecule has 0 radical (unpaired) electrons. The monoisotopic (exact) mass is 464 g/mol. The highest BCUT2D eigenvalue weighted by Crippen LogP contribution is 2.34. The Labute approximate surface area is 195 Å². The van der Waals surface area contributed by atoms with Crippen molar-refractivity contribution in [3.63, 3.8) is 0 Å². The molecule has 1 saturated heterocycles. The summed E-state index contributed by atoms with van der Waals surface area (Å²) in [6.45, 7) is 2.72. The summed E-state index contributed by atoms with van der Waals surface area (Å²) in [5.74, 6) is 0.611. The second-order valence-electron chi connectivity index (χ2n) is 7.96. The fraction of sp³-hybridized carbons (Fsp3) is 0.269. The topological polar surface area (TPSA) is 66.9 Å². The van der Waals surface area contributed by atoms with E-state index in [4.69, 9.17) is 4.74 Å². The second-order valence-corrected chi connectivity index (χ2v) is 9.83. The van der Waals surface area contributed by atoms with E-state index in [9.17, 15) is 13.2 Å². The lowest BCUT2D eigenvalue weighted by molar-refractivity contribution is 0.0735. The molecule has 3 aromatic carbocycles. The first-order valence-electron chi connectivity index (χ1n) is 11.1. The van der Waals surface area contributed by atoms with Crippen molar-refractivity contribution in [2.75, 3.05) is 24.5 Å². The molecule has 0 N–H and O–H groups in total. The number of methoxy groups -OCH3 is 1. The molecule has 0 aromatic heterocycles. The lowest BCUT2D eigenvalue weighted by Gasteiger charge is -2.26. The number of nitrogens with zero attached hydrogens (tertiary/aromatic N) is 2. The van der Waals surface area contributed by atoms with E-state index >= 15 is 0 Å². The van der Waals surface area contributed by atoms with Gasteiger partial charge in [-0.1, -0.05) is 36.4 Å². The van der Waals surface area contributed by atoms with Gasteiger partial charge in [0.1, 0.15) is 5.75 Å². The quantitative estimate of drug-likeness (QED) is 0.499. The third-order valence-electron chi connectivity index (χ3n) is 6.01. The molecule has 1 unspecified atom stereocenters. The number of amides is 1. The molecule has 33 heavy (non-hydrogen) atoms. The van der Waals surface area contributed by atoms with Gasteiger partial charge in [-0.3, -0.25) is 9.10 Å². The molecule has 1 fully saturated rings. The third kappa shape index (κ3) is 4.59. The Bertz CT molecular complexity index is 1210. The Morgan fingerprint density at radius 1 is 1.03 bits per heavy atom. The molecule has 0 aliphatic carbocycles. The number of hydrogen-bond acceptors (Lipinski definition) is 4. The van der Waals surface area contributed by atoms with Crippen molar-refractivity contribution in [2.24, 2.45) is 0 Å². The predicted octanol–water partition coefficient (Wildman–Crippen LogP) is 4.89. The third-order valence-corrected chi connectivity index (χ3v) is 7.91. The summed E-state index contributed by atoms with van der Waals surface area (Å²) in [6.07, 6.45) is 1.77. The van der Waals surface area contributed by atoms with Crippen LogP contribution in [0.3, 0.4) is 0 Å². The molecule has 172 valence electrons. The van der Waals surface area contributed by atoms with Crippen LogP contribution < -0.4 is 9.04 Å². The molecule has 0 bridgehead atoms. The fourth-order valence-electron chi connectivity index (χ4n) is 4.35. The van der Waals surface area contributed by atoms with E-state index in [1.807, 2.05) is 35.2 Å². The summed E-state index contributed by atoms with van der Waals surface area (Å²) in [4.78, 5) is 15.4. The minimum absolute atomic E-state index is 0.0415. The van der Waals surface area contributed by atoms with E-state index in [2.05, 4.69) is 0 Å². The van der Waals surface area contributed by atoms with Gasteiger partial charge in [0.05, 0.1) is 23.7 Å². The Kier molecular flexibility index (Phi) is 6.70. The van der Waals surface area contributed by atoms with Crippen molar-refractivity contribution < 1.29 is 17.9 Å². The summed E-state index contributed by atoms with van der Waals surface area (Å²) in [6, 6.07) is 23.1. The number of para-hydroxylation sites is 1. The molecular formula is C26H28N2O4S. The number of rotatable bonds is 7. The highest BCUT2D eigenvalue weighted by Gasteiger charge is 2.31. The maximum absolute atomic E-state index is 13.4. The van der Waals surface area contributed by atoms with Crippen LogP contribution in [-0.2, 0) is 10.0 Å². The van der Waals surface area contributed by atoms with Gasteiger partial charge >= 0.3 is 0 Å². The van der Waals surface area contributed by atoms with Crippen molar-refractivity contribution in [1.82, 2.24) is 4.90 Å². The van der Waals surface area contributed by atoms with Crippen LogP contribution in [0.15, 0.2) is 83.8 Å². The Morgan fingerprint density at radius 3 is 2.42 bits per heavy atom. The van der Waals surface area contributed by atoms with E-state index < -0.39 is 10.0 Å². The molecule has 4 rings (SSSR count). The molecule has 1 aliphatic heterocycles. The Hall–Kier alpha value is -3.32. The molecule has 0 spiro atoms. The molecule has 3 aromatic rings. The van der Waals surface area contributed by atoms with E-state index in [1.165, 1.54) is 10.4 Å². The minimum Gasteiger partial charge on any atom is -0.497 e. The molecule has 1 heterocycles. The van der Waals surface area contributed by atoms with E-state index in [0.717, 1.165) is 24.2 Å². The van der Waals surface area contributed by atoms with Gasteiger partial charge in [0.2, 0.25) is 0 Å². The smallest absolute Gasteiger partial charge is 0.264 e. The number of sulfonamides is 1. The average Bonchev–Trinajstić information content (AvgIpc) is 3.34. The van der Waals surface area contributed by atoms with Crippen LogP contribution in [-0.4, -0.2) is 39.4 Å². The number of ether oxygens (including phenoxy) is 1. The molecule has 1 aliphatic rings. The standard InChI is InChI=1S/C26H28N2O4S/c1-3-28(22-10-5-4-6-11-22)33(30,31)24-12-7-9-21(19-24)26(29)27-18-8-13-25(27)20-14-16-23(32-2)17-15-20/h4-7,9-12,14-17,19,25H,3,8,13,18H2,1-2H3. The van der Waals surface area contributed by atoms with Crippen LogP contribution >= 0.6 is 0 Å². The van der Waals surface area contributed by atoms with Crippen LogP contribution in [0.4, 0.5) is 5.69 Å². The fourth-order valence-corrected chi connectivity index (χ4v) is 5.87. The molecule has 7 heteroatoms. The number of carbonyl (C=O) groups excluding carboxylic acids is 1. The molecule has 6 nitrogen and oxygen atoms in total. The maximum atomic E-state index is 13.4. The molecule has 1 atom stereocenters. The number of anilines is 1. The van der Waals surface area contributed by atoms with Crippen molar-refractivity contribution in [2.45, 2.75) is 30.7 Å². The lowest BCUT2D eigenvalue weighted by atomic mass is 10.0. The highest BCUT2D eigenvalue weighted by molar-refractivity contribution is 7.92. The van der Waals surface area contributed by atoms with E-state index in [0.29, 0.717) is 17.8 Å². The largest absolute Gasteiger partial charge is 0.497 e. The minimum atomic E-state index is -3.81. The van der Waals surface area contributed by atoms with Gasteiger partial charge in [-0.15, -0.1) is 0 Å². The number of hydrogen-bond donors (Lipinski definition) is 0. The molecule has 1 amide bonds. The normalized spacial score (nSPS) is 15.9. The molecule has 0 saturated carbocycles. The highest BCUT2D eigenvalue weighted by atomic mass is 32.2. The summed E-state index contributed by atoms with van der Waals surface area (Å²) in [5.41, 5.74) is 2.02.